The van der Waals surface area contributed by atoms with Crippen molar-refractivity contribution in [3.8, 4) is 0 Å². The van der Waals surface area contributed by atoms with Crippen LogP contribution < -0.4 is 0 Å². The number of thiophene rings is 1. The third kappa shape index (κ3) is 1.83. The van der Waals surface area contributed by atoms with Crippen LogP contribution in [0.2, 0.25) is 0 Å². The van der Waals surface area contributed by atoms with Crippen LogP contribution in [-0.2, 0) is 0 Å². The van der Waals surface area contributed by atoms with Gasteiger partial charge in [0.2, 0.25) is 0 Å². The molecule has 1 aliphatic rings. The molecule has 1 fully saturated rings. The van der Waals surface area contributed by atoms with E-state index < -0.39 is 0 Å². The number of hydrogen-bond acceptors (Lipinski definition) is 2. The molecule has 2 heteroatoms. The van der Waals surface area contributed by atoms with Crippen LogP contribution in [0.15, 0.2) is 11.4 Å². The zero-order chi connectivity index (χ0) is 9.47. The van der Waals surface area contributed by atoms with Crippen LogP contribution in [0.25, 0.3) is 0 Å². The summed E-state index contributed by atoms with van der Waals surface area (Å²) in [6, 6.07) is 1.95. The minimum atomic E-state index is 0.332. The molecule has 1 heterocycles. The lowest BCUT2D eigenvalue weighted by molar-refractivity contribution is 0.0959. The summed E-state index contributed by atoms with van der Waals surface area (Å²) in [7, 11) is 0. The van der Waals surface area contributed by atoms with Crippen molar-refractivity contribution in [1.29, 1.82) is 0 Å². The Morgan fingerprint density at radius 2 is 2.31 bits per heavy atom. The largest absolute Gasteiger partial charge is 0.294 e. The molecule has 1 nitrogen and oxygen atoms in total. The Morgan fingerprint density at radius 1 is 1.62 bits per heavy atom. The molecular formula is C11H14OS. The van der Waals surface area contributed by atoms with Gasteiger partial charge in [-0.25, -0.2) is 0 Å². The van der Waals surface area contributed by atoms with Gasteiger partial charge in [-0.1, -0.05) is 6.92 Å². The van der Waals surface area contributed by atoms with E-state index in [0.717, 1.165) is 16.9 Å². The molecule has 0 saturated heterocycles. The van der Waals surface area contributed by atoms with E-state index in [1.54, 1.807) is 11.3 Å². The summed E-state index contributed by atoms with van der Waals surface area (Å²) in [5.41, 5.74) is 1.28. The molecule has 1 aromatic rings. The maximum atomic E-state index is 11.8. The lowest BCUT2D eigenvalue weighted by atomic mass is 9.98. The smallest absolute Gasteiger partial charge is 0.164 e. The molecule has 0 unspecified atom stereocenters. The van der Waals surface area contributed by atoms with E-state index >= 15 is 0 Å². The minimum absolute atomic E-state index is 0.332. The minimum Gasteiger partial charge on any atom is -0.294 e. The van der Waals surface area contributed by atoms with Crippen molar-refractivity contribution in [2.45, 2.75) is 33.1 Å². The van der Waals surface area contributed by atoms with Crippen molar-refractivity contribution in [3.63, 3.8) is 0 Å². The zero-order valence-corrected chi connectivity index (χ0v) is 8.91. The molecule has 0 radical (unpaired) electrons. The maximum absolute atomic E-state index is 11.8. The van der Waals surface area contributed by atoms with Crippen molar-refractivity contribution >= 4 is 17.1 Å². The highest BCUT2D eigenvalue weighted by Crippen LogP contribution is 2.48. The van der Waals surface area contributed by atoms with Gasteiger partial charge in [0.05, 0.1) is 0 Å². The van der Waals surface area contributed by atoms with Crippen molar-refractivity contribution in [1.82, 2.24) is 0 Å². The molecule has 1 aromatic heterocycles. The fraction of sp³-hybridized carbons (Fsp3) is 0.545. The van der Waals surface area contributed by atoms with E-state index in [-0.39, 0.29) is 0 Å². The first kappa shape index (κ1) is 8.95. The Hall–Kier alpha value is -0.630. The SMILES string of the molecule is Cc1sccc1C(=O)CC1(C)CC1. The molecule has 70 valence electrons. The second-order valence-electron chi connectivity index (χ2n) is 4.30. The summed E-state index contributed by atoms with van der Waals surface area (Å²) < 4.78 is 0. The standard InChI is InChI=1S/C11H14OS/c1-8-9(3-6-13-8)10(12)7-11(2)4-5-11/h3,6H,4-5,7H2,1-2H3. The van der Waals surface area contributed by atoms with E-state index in [9.17, 15) is 4.79 Å². The highest BCUT2D eigenvalue weighted by atomic mass is 32.1. The van der Waals surface area contributed by atoms with Crippen molar-refractivity contribution in [2.75, 3.05) is 0 Å². The van der Waals surface area contributed by atoms with Crippen LogP contribution in [0, 0.1) is 12.3 Å². The predicted octanol–water partition coefficient (Wildman–Crippen LogP) is 3.43. The highest BCUT2D eigenvalue weighted by Gasteiger charge is 2.39. The molecule has 0 aromatic carbocycles. The number of carbonyl (C=O) groups excluding carboxylic acids is 1. The van der Waals surface area contributed by atoms with Gasteiger partial charge in [-0.05, 0) is 36.6 Å². The van der Waals surface area contributed by atoms with Gasteiger partial charge in [0.25, 0.3) is 0 Å². The fourth-order valence-corrected chi connectivity index (χ4v) is 2.26. The summed E-state index contributed by atoms with van der Waals surface area (Å²) in [6.07, 6.45) is 3.19. The van der Waals surface area contributed by atoms with Gasteiger partial charge >= 0.3 is 0 Å². The molecule has 0 aliphatic heterocycles. The Bertz CT molecular complexity index is 334. The molecule has 1 saturated carbocycles. The second kappa shape index (κ2) is 2.95. The molecular weight excluding hydrogens is 180 g/mol. The van der Waals surface area contributed by atoms with Gasteiger partial charge < -0.3 is 0 Å². The highest BCUT2D eigenvalue weighted by molar-refractivity contribution is 7.10. The third-order valence-electron chi connectivity index (χ3n) is 2.85. The van der Waals surface area contributed by atoms with Gasteiger partial charge in [0.1, 0.15) is 0 Å². The quantitative estimate of drug-likeness (QED) is 0.674. The fourth-order valence-electron chi connectivity index (χ4n) is 1.55. The maximum Gasteiger partial charge on any atom is 0.164 e. The summed E-state index contributed by atoms with van der Waals surface area (Å²) in [4.78, 5) is 13.0. The first-order valence-electron chi connectivity index (χ1n) is 4.68. The van der Waals surface area contributed by atoms with Gasteiger partial charge in [-0.2, -0.15) is 0 Å². The molecule has 0 spiro atoms. The van der Waals surface area contributed by atoms with Crippen LogP contribution in [0.3, 0.4) is 0 Å². The van der Waals surface area contributed by atoms with Gasteiger partial charge in [-0.3, -0.25) is 4.79 Å². The van der Waals surface area contributed by atoms with Crippen LogP contribution in [0.5, 0.6) is 0 Å². The second-order valence-corrected chi connectivity index (χ2v) is 5.42. The number of aryl methyl sites for hydroxylation is 1. The van der Waals surface area contributed by atoms with Crippen molar-refractivity contribution in [3.05, 3.63) is 21.9 Å². The van der Waals surface area contributed by atoms with Crippen LogP contribution >= 0.6 is 11.3 Å². The number of carbonyl (C=O) groups is 1. The monoisotopic (exact) mass is 194 g/mol. The first-order valence-corrected chi connectivity index (χ1v) is 5.56. The number of Topliss-reactive ketones (excluding diaryl/α,β-unsaturated/α-hetero) is 1. The summed E-state index contributed by atoms with van der Waals surface area (Å²) in [5, 5.41) is 2.00. The number of rotatable bonds is 3. The van der Waals surface area contributed by atoms with Gasteiger partial charge in [0.15, 0.2) is 5.78 Å². The van der Waals surface area contributed by atoms with Gasteiger partial charge in [0, 0.05) is 16.9 Å². The predicted molar refractivity (Wildman–Crippen MR) is 55.3 cm³/mol. The summed E-state index contributed by atoms with van der Waals surface area (Å²) in [6.45, 7) is 4.22. The third-order valence-corrected chi connectivity index (χ3v) is 3.70. The van der Waals surface area contributed by atoms with Crippen molar-refractivity contribution < 1.29 is 4.79 Å². The van der Waals surface area contributed by atoms with E-state index in [1.807, 2.05) is 18.4 Å². The molecule has 2 rings (SSSR count). The normalized spacial score (nSPS) is 18.6. The van der Waals surface area contributed by atoms with E-state index in [1.165, 1.54) is 12.8 Å². The summed E-state index contributed by atoms with van der Waals surface area (Å²) in [5.74, 6) is 0.332. The molecule has 0 atom stereocenters. The molecule has 1 aliphatic carbocycles. The molecule has 13 heavy (non-hydrogen) atoms. The van der Waals surface area contributed by atoms with E-state index in [2.05, 4.69) is 6.92 Å². The average molecular weight is 194 g/mol. The number of hydrogen-bond donors (Lipinski definition) is 0. The van der Waals surface area contributed by atoms with E-state index in [4.69, 9.17) is 0 Å². The topological polar surface area (TPSA) is 17.1 Å². The average Bonchev–Trinajstić information content (AvgIpc) is 2.63. The molecule has 0 bridgehead atoms. The molecule has 0 amide bonds. The van der Waals surface area contributed by atoms with Crippen LogP contribution in [-0.4, -0.2) is 5.78 Å². The Kier molecular flexibility index (Phi) is 2.03. The number of ketones is 1. The van der Waals surface area contributed by atoms with Crippen LogP contribution in [0.1, 0.15) is 41.4 Å². The van der Waals surface area contributed by atoms with Gasteiger partial charge in [-0.15, -0.1) is 11.3 Å². The Balaban J connectivity index is 2.09. The first-order chi connectivity index (χ1) is 6.11. The van der Waals surface area contributed by atoms with E-state index in [0.29, 0.717) is 11.2 Å². The van der Waals surface area contributed by atoms with Crippen LogP contribution in [0.4, 0.5) is 0 Å². The lowest BCUT2D eigenvalue weighted by Gasteiger charge is -2.05. The zero-order valence-electron chi connectivity index (χ0n) is 8.09. The van der Waals surface area contributed by atoms with Crippen molar-refractivity contribution in [2.24, 2.45) is 5.41 Å². The lowest BCUT2D eigenvalue weighted by Crippen LogP contribution is -2.06. The molecule has 0 N–H and O–H groups in total. The Labute approximate surface area is 82.8 Å². The Morgan fingerprint density at radius 3 is 2.77 bits per heavy atom. The summed E-state index contributed by atoms with van der Waals surface area (Å²) >= 11 is 1.66.